The molecule has 1 saturated carbocycles. The number of anilines is 1. The Labute approximate surface area is 122 Å². The van der Waals surface area contributed by atoms with Gasteiger partial charge in [0.05, 0.1) is 11.2 Å². The number of likely N-dealkylation sites (N-methyl/N-ethyl adjacent to an activating group) is 1. The fourth-order valence-electron chi connectivity index (χ4n) is 3.02. The predicted octanol–water partition coefficient (Wildman–Crippen LogP) is 2.91. The van der Waals surface area contributed by atoms with E-state index in [1.54, 1.807) is 11.9 Å². The molecule has 21 heavy (non-hydrogen) atoms. The lowest BCUT2D eigenvalue weighted by Crippen LogP contribution is -2.39. The Morgan fingerprint density at radius 1 is 1.29 bits per heavy atom. The fourth-order valence-corrected chi connectivity index (χ4v) is 3.02. The highest BCUT2D eigenvalue weighted by molar-refractivity contribution is 5.55. The van der Waals surface area contributed by atoms with E-state index < -0.39 is 17.3 Å². The summed E-state index contributed by atoms with van der Waals surface area (Å²) in [7, 11) is 1.78. The van der Waals surface area contributed by atoms with Crippen LogP contribution < -0.4 is 10.6 Å². The third kappa shape index (κ3) is 3.68. The summed E-state index contributed by atoms with van der Waals surface area (Å²) in [4.78, 5) is 1.80. The van der Waals surface area contributed by atoms with Crippen molar-refractivity contribution in [1.82, 2.24) is 0 Å². The van der Waals surface area contributed by atoms with Gasteiger partial charge in [0.25, 0.3) is 0 Å². The predicted molar refractivity (Wildman–Crippen MR) is 76.0 cm³/mol. The maximum absolute atomic E-state index is 12.7. The molecule has 0 heterocycles. The van der Waals surface area contributed by atoms with Crippen molar-refractivity contribution < 1.29 is 18.3 Å². The molecule has 0 unspecified atom stereocenters. The molecule has 0 spiro atoms. The van der Waals surface area contributed by atoms with Crippen molar-refractivity contribution in [3.8, 4) is 0 Å². The molecule has 0 aliphatic heterocycles. The molecule has 1 aliphatic rings. The maximum Gasteiger partial charge on any atom is 0.416 e. The van der Waals surface area contributed by atoms with Gasteiger partial charge in [-0.05, 0) is 36.6 Å². The lowest BCUT2D eigenvalue weighted by atomic mass is 10.0. The van der Waals surface area contributed by atoms with Crippen LogP contribution in [-0.4, -0.2) is 24.3 Å². The number of hydrogen-bond acceptors (Lipinski definition) is 3. The largest absolute Gasteiger partial charge is 0.416 e. The molecule has 1 aromatic rings. The molecule has 0 atom stereocenters. The molecule has 1 aromatic carbocycles. The molecule has 0 radical (unpaired) electrons. The van der Waals surface area contributed by atoms with Crippen molar-refractivity contribution >= 4 is 5.69 Å². The zero-order chi connectivity index (χ0) is 15.7. The summed E-state index contributed by atoms with van der Waals surface area (Å²) < 4.78 is 38.2. The molecule has 1 aliphatic carbocycles. The van der Waals surface area contributed by atoms with Gasteiger partial charge in [0.15, 0.2) is 0 Å². The minimum Gasteiger partial charge on any atom is -0.388 e. The highest BCUT2D eigenvalue weighted by atomic mass is 19.4. The molecule has 3 nitrogen and oxygen atoms in total. The lowest BCUT2D eigenvalue weighted by molar-refractivity contribution is -0.137. The number of nitrogens with zero attached hydrogens (tertiary/aromatic N) is 1. The van der Waals surface area contributed by atoms with Gasteiger partial charge in [0.2, 0.25) is 0 Å². The minimum atomic E-state index is -4.37. The average Bonchev–Trinajstić information content (AvgIpc) is 2.83. The van der Waals surface area contributed by atoms with E-state index >= 15 is 0 Å². The van der Waals surface area contributed by atoms with E-state index in [4.69, 9.17) is 5.73 Å². The van der Waals surface area contributed by atoms with E-state index in [0.717, 1.165) is 37.8 Å². The number of rotatable bonds is 4. The van der Waals surface area contributed by atoms with Crippen LogP contribution in [0.5, 0.6) is 0 Å². The standard InChI is InChI=1S/C15H21F3N2O/c1-20(10-14(21)6-2-3-7-14)13-5-4-12(15(16,17)18)8-11(13)9-19/h4-5,8,21H,2-3,6-7,9-10,19H2,1H3. The topological polar surface area (TPSA) is 49.5 Å². The van der Waals surface area contributed by atoms with Gasteiger partial charge in [-0.25, -0.2) is 0 Å². The molecule has 2 rings (SSSR count). The average molecular weight is 302 g/mol. The van der Waals surface area contributed by atoms with Crippen LogP contribution in [0.3, 0.4) is 0 Å². The van der Waals surface area contributed by atoms with Gasteiger partial charge in [0, 0.05) is 25.8 Å². The first kappa shape index (κ1) is 16.1. The summed E-state index contributed by atoms with van der Waals surface area (Å²) in [5.74, 6) is 0. The van der Waals surface area contributed by atoms with Crippen molar-refractivity contribution in [3.63, 3.8) is 0 Å². The van der Waals surface area contributed by atoms with Gasteiger partial charge in [-0.3, -0.25) is 0 Å². The molecule has 0 bridgehead atoms. The lowest BCUT2D eigenvalue weighted by Gasteiger charge is -2.31. The number of nitrogens with two attached hydrogens (primary N) is 1. The summed E-state index contributed by atoms with van der Waals surface area (Å²) in [5, 5.41) is 10.4. The molecule has 3 N–H and O–H groups in total. The van der Waals surface area contributed by atoms with Crippen molar-refractivity contribution in [2.45, 2.75) is 44.0 Å². The second kappa shape index (κ2) is 5.85. The molecule has 6 heteroatoms. The van der Waals surface area contributed by atoms with Crippen LogP contribution in [-0.2, 0) is 12.7 Å². The fraction of sp³-hybridized carbons (Fsp3) is 0.600. The Balaban J connectivity index is 2.22. The van der Waals surface area contributed by atoms with Gasteiger partial charge in [-0.15, -0.1) is 0 Å². The van der Waals surface area contributed by atoms with Crippen molar-refractivity contribution in [2.24, 2.45) is 5.73 Å². The first-order chi connectivity index (χ1) is 9.75. The van der Waals surface area contributed by atoms with Crippen LogP contribution in [0.1, 0.15) is 36.8 Å². The molecule has 118 valence electrons. The van der Waals surface area contributed by atoms with Gasteiger partial charge >= 0.3 is 6.18 Å². The number of aliphatic hydroxyl groups is 1. The van der Waals surface area contributed by atoms with Crippen molar-refractivity contribution in [2.75, 3.05) is 18.5 Å². The monoisotopic (exact) mass is 302 g/mol. The Morgan fingerprint density at radius 2 is 1.90 bits per heavy atom. The first-order valence-corrected chi connectivity index (χ1v) is 7.09. The maximum atomic E-state index is 12.7. The second-order valence-corrected chi connectivity index (χ2v) is 5.83. The second-order valence-electron chi connectivity index (χ2n) is 5.83. The molecule has 0 aromatic heterocycles. The van der Waals surface area contributed by atoms with Gasteiger partial charge in [-0.2, -0.15) is 13.2 Å². The SMILES string of the molecule is CN(CC1(O)CCCC1)c1ccc(C(F)(F)F)cc1CN. The smallest absolute Gasteiger partial charge is 0.388 e. The van der Waals surface area contributed by atoms with Crippen LogP contribution in [0, 0.1) is 0 Å². The zero-order valence-corrected chi connectivity index (χ0v) is 12.1. The van der Waals surface area contributed by atoms with Gasteiger partial charge in [-0.1, -0.05) is 12.8 Å². The molecule has 0 saturated heterocycles. The quantitative estimate of drug-likeness (QED) is 0.899. The Hall–Kier alpha value is -1.27. The molecule has 0 amide bonds. The van der Waals surface area contributed by atoms with E-state index in [2.05, 4.69) is 0 Å². The molecular formula is C15H21F3N2O. The Morgan fingerprint density at radius 3 is 2.43 bits per heavy atom. The molecular weight excluding hydrogens is 281 g/mol. The van der Waals surface area contributed by atoms with Crippen molar-refractivity contribution in [3.05, 3.63) is 29.3 Å². The summed E-state index contributed by atoms with van der Waals surface area (Å²) in [5.41, 5.74) is 5.23. The summed E-state index contributed by atoms with van der Waals surface area (Å²) >= 11 is 0. The number of benzene rings is 1. The Bertz CT molecular complexity index is 496. The van der Waals surface area contributed by atoms with E-state index in [-0.39, 0.29) is 6.54 Å². The highest BCUT2D eigenvalue weighted by Crippen LogP contribution is 2.35. The highest BCUT2D eigenvalue weighted by Gasteiger charge is 2.34. The van der Waals surface area contributed by atoms with E-state index in [0.29, 0.717) is 17.8 Å². The van der Waals surface area contributed by atoms with E-state index in [9.17, 15) is 18.3 Å². The van der Waals surface area contributed by atoms with Crippen LogP contribution in [0.25, 0.3) is 0 Å². The number of halogens is 3. The van der Waals surface area contributed by atoms with Crippen LogP contribution in [0.15, 0.2) is 18.2 Å². The third-order valence-corrected chi connectivity index (χ3v) is 4.10. The van der Waals surface area contributed by atoms with Crippen LogP contribution >= 0.6 is 0 Å². The normalized spacial score (nSPS) is 18.0. The minimum absolute atomic E-state index is 0.0298. The number of hydrogen-bond donors (Lipinski definition) is 2. The summed E-state index contributed by atoms with van der Waals surface area (Å²) in [6, 6.07) is 3.58. The van der Waals surface area contributed by atoms with E-state index in [1.165, 1.54) is 6.07 Å². The number of alkyl halides is 3. The van der Waals surface area contributed by atoms with Crippen LogP contribution in [0.2, 0.25) is 0 Å². The van der Waals surface area contributed by atoms with E-state index in [1.807, 2.05) is 0 Å². The zero-order valence-electron chi connectivity index (χ0n) is 12.1. The summed E-state index contributed by atoms with van der Waals surface area (Å²) in [6.45, 7) is 0.438. The molecule has 1 fully saturated rings. The first-order valence-electron chi connectivity index (χ1n) is 7.09. The van der Waals surface area contributed by atoms with Gasteiger partial charge in [0.1, 0.15) is 0 Å². The van der Waals surface area contributed by atoms with Crippen LogP contribution in [0.4, 0.5) is 18.9 Å². The van der Waals surface area contributed by atoms with Gasteiger partial charge < -0.3 is 15.7 Å². The summed E-state index contributed by atoms with van der Waals surface area (Å²) in [6.07, 6.45) is -0.932. The Kier molecular flexibility index (Phi) is 4.49. The third-order valence-electron chi connectivity index (χ3n) is 4.10. The van der Waals surface area contributed by atoms with Crippen molar-refractivity contribution in [1.29, 1.82) is 0 Å².